The van der Waals surface area contributed by atoms with E-state index in [-0.39, 0.29) is 0 Å². The molecule has 0 radical (unpaired) electrons. The highest BCUT2D eigenvalue weighted by Gasteiger charge is 2.34. The fraction of sp³-hybridized carbons (Fsp3) is 0.667. The number of nitrogen functional groups attached to an aromatic ring is 1. The fourth-order valence-corrected chi connectivity index (χ4v) is 2.59. The van der Waals surface area contributed by atoms with Crippen molar-refractivity contribution in [3.8, 4) is 0 Å². The first-order valence-electron chi connectivity index (χ1n) is 6.57. The first kappa shape index (κ1) is 11.7. The van der Waals surface area contributed by atoms with Crippen LogP contribution >= 0.6 is 0 Å². The van der Waals surface area contributed by atoms with Crippen molar-refractivity contribution in [2.24, 2.45) is 5.84 Å². The molecule has 1 aliphatic heterocycles. The summed E-state index contributed by atoms with van der Waals surface area (Å²) in [4.78, 5) is 11.1. The van der Waals surface area contributed by atoms with Crippen molar-refractivity contribution in [2.75, 3.05) is 23.8 Å². The number of hydrazine groups is 1. The lowest BCUT2D eigenvalue weighted by Crippen LogP contribution is -2.28. The molecule has 98 valence electrons. The molecule has 0 bridgehead atoms. The van der Waals surface area contributed by atoms with Gasteiger partial charge in [0.1, 0.15) is 5.82 Å². The minimum Gasteiger partial charge on any atom is -0.366 e. The van der Waals surface area contributed by atoms with Crippen molar-refractivity contribution in [3.63, 3.8) is 0 Å². The van der Waals surface area contributed by atoms with Gasteiger partial charge in [0.2, 0.25) is 5.95 Å². The number of rotatable bonds is 4. The van der Waals surface area contributed by atoms with Gasteiger partial charge >= 0.3 is 0 Å². The maximum Gasteiger partial charge on any atom is 0.239 e. The summed E-state index contributed by atoms with van der Waals surface area (Å²) in [5, 5.41) is 3.48. The Labute approximate surface area is 107 Å². The lowest BCUT2D eigenvalue weighted by molar-refractivity contribution is 0.326. The van der Waals surface area contributed by atoms with Crippen LogP contribution in [-0.2, 0) is 0 Å². The number of nitrogens with zero attached hydrogens (tertiary/aromatic N) is 3. The number of hydrogen-bond acceptors (Lipinski definition) is 6. The van der Waals surface area contributed by atoms with Gasteiger partial charge < -0.3 is 5.32 Å². The molecule has 1 aliphatic carbocycles. The Kier molecular flexibility index (Phi) is 3.05. The first-order valence-corrected chi connectivity index (χ1v) is 6.57. The molecule has 1 unspecified atom stereocenters. The number of likely N-dealkylation sites (tertiary alicyclic amines) is 1. The average molecular weight is 248 g/mol. The summed E-state index contributed by atoms with van der Waals surface area (Å²) in [5.41, 5.74) is 3.41. The predicted octanol–water partition coefficient (Wildman–Crippen LogP) is 0.719. The van der Waals surface area contributed by atoms with Gasteiger partial charge in [0.15, 0.2) is 0 Å². The molecule has 1 saturated carbocycles. The van der Waals surface area contributed by atoms with Gasteiger partial charge in [-0.3, -0.25) is 10.3 Å². The zero-order valence-corrected chi connectivity index (χ0v) is 10.7. The quantitative estimate of drug-likeness (QED) is 0.538. The molecule has 1 aromatic heterocycles. The van der Waals surface area contributed by atoms with E-state index >= 15 is 0 Å². The van der Waals surface area contributed by atoms with Gasteiger partial charge in [0, 0.05) is 36.9 Å². The van der Waals surface area contributed by atoms with Crippen molar-refractivity contribution >= 4 is 11.8 Å². The van der Waals surface area contributed by atoms with Crippen molar-refractivity contribution in [3.05, 3.63) is 11.8 Å². The van der Waals surface area contributed by atoms with E-state index in [1.54, 1.807) is 0 Å². The summed E-state index contributed by atoms with van der Waals surface area (Å²) in [6.45, 7) is 4.27. The van der Waals surface area contributed by atoms with E-state index < -0.39 is 0 Å². The standard InChI is InChI=1S/C12H20N6/c1-8-6-11(16-12(14-8)17-13)15-9-4-5-18(7-9)10-2-3-10/h6,9-10H,2-5,7,13H2,1H3,(H2,14,15,16,17). The van der Waals surface area contributed by atoms with Crippen molar-refractivity contribution < 1.29 is 0 Å². The van der Waals surface area contributed by atoms with Crippen LogP contribution < -0.4 is 16.6 Å². The van der Waals surface area contributed by atoms with Crippen LogP contribution in [0.1, 0.15) is 25.0 Å². The fourth-order valence-electron chi connectivity index (χ4n) is 2.59. The Morgan fingerprint density at radius 1 is 1.33 bits per heavy atom. The van der Waals surface area contributed by atoms with Gasteiger partial charge in [-0.05, 0) is 26.2 Å². The summed E-state index contributed by atoms with van der Waals surface area (Å²) in [5.74, 6) is 6.68. The van der Waals surface area contributed by atoms with Crippen LogP contribution in [0.25, 0.3) is 0 Å². The molecule has 4 N–H and O–H groups in total. The van der Waals surface area contributed by atoms with E-state index in [1.807, 2.05) is 13.0 Å². The minimum absolute atomic E-state index is 0.467. The second-order valence-electron chi connectivity index (χ2n) is 5.22. The molecule has 0 spiro atoms. The van der Waals surface area contributed by atoms with E-state index in [0.717, 1.165) is 24.1 Å². The number of nitrogens with two attached hydrogens (primary N) is 1. The monoisotopic (exact) mass is 248 g/mol. The van der Waals surface area contributed by atoms with Gasteiger partial charge in [0.05, 0.1) is 0 Å². The molecule has 0 aromatic carbocycles. The molecule has 6 heteroatoms. The number of nitrogens with one attached hydrogen (secondary N) is 2. The minimum atomic E-state index is 0.467. The third-order valence-electron chi connectivity index (χ3n) is 3.62. The van der Waals surface area contributed by atoms with E-state index in [1.165, 1.54) is 25.8 Å². The highest BCUT2D eigenvalue weighted by Crippen LogP contribution is 2.30. The largest absolute Gasteiger partial charge is 0.366 e. The molecule has 3 rings (SSSR count). The summed E-state index contributed by atoms with van der Waals surface area (Å²) >= 11 is 0. The zero-order chi connectivity index (χ0) is 12.5. The number of aromatic nitrogens is 2. The molecule has 1 aromatic rings. The van der Waals surface area contributed by atoms with Crippen LogP contribution in [0.3, 0.4) is 0 Å². The number of hydrogen-bond donors (Lipinski definition) is 3. The highest BCUT2D eigenvalue weighted by atomic mass is 15.3. The summed E-state index contributed by atoms with van der Waals surface area (Å²) in [6.07, 6.45) is 3.94. The number of anilines is 2. The number of aryl methyl sites for hydroxylation is 1. The maximum absolute atomic E-state index is 5.35. The Bertz CT molecular complexity index is 431. The normalized spacial score (nSPS) is 24.2. The predicted molar refractivity (Wildman–Crippen MR) is 71.2 cm³/mol. The molecule has 2 heterocycles. The van der Waals surface area contributed by atoms with Crippen LogP contribution in [0.4, 0.5) is 11.8 Å². The van der Waals surface area contributed by atoms with Gasteiger partial charge in [0.25, 0.3) is 0 Å². The van der Waals surface area contributed by atoms with Gasteiger partial charge in [-0.15, -0.1) is 0 Å². The molecule has 6 nitrogen and oxygen atoms in total. The SMILES string of the molecule is Cc1cc(NC2CCN(C3CC3)C2)nc(NN)n1. The Morgan fingerprint density at radius 2 is 2.17 bits per heavy atom. The molecule has 1 atom stereocenters. The van der Waals surface area contributed by atoms with Crippen LogP contribution in [0.15, 0.2) is 6.07 Å². The molecule has 1 saturated heterocycles. The van der Waals surface area contributed by atoms with E-state index in [4.69, 9.17) is 5.84 Å². The molecule has 0 amide bonds. The average Bonchev–Trinajstić information content (AvgIpc) is 3.10. The Hall–Kier alpha value is -1.40. The van der Waals surface area contributed by atoms with Crippen LogP contribution in [0.5, 0.6) is 0 Å². The van der Waals surface area contributed by atoms with Crippen molar-refractivity contribution in [1.29, 1.82) is 0 Å². The summed E-state index contributed by atoms with van der Waals surface area (Å²) < 4.78 is 0. The topological polar surface area (TPSA) is 79.1 Å². The van der Waals surface area contributed by atoms with Crippen molar-refractivity contribution in [1.82, 2.24) is 14.9 Å². The third-order valence-corrected chi connectivity index (χ3v) is 3.62. The second-order valence-corrected chi connectivity index (χ2v) is 5.22. The van der Waals surface area contributed by atoms with Crippen LogP contribution in [0, 0.1) is 6.92 Å². The van der Waals surface area contributed by atoms with Gasteiger partial charge in [-0.2, -0.15) is 4.98 Å². The van der Waals surface area contributed by atoms with Crippen LogP contribution in [0.2, 0.25) is 0 Å². The Balaban J connectivity index is 1.63. The van der Waals surface area contributed by atoms with E-state index in [2.05, 4.69) is 25.6 Å². The lowest BCUT2D eigenvalue weighted by Gasteiger charge is -2.16. The molecule has 18 heavy (non-hydrogen) atoms. The van der Waals surface area contributed by atoms with Gasteiger partial charge in [-0.25, -0.2) is 10.8 Å². The van der Waals surface area contributed by atoms with E-state index in [0.29, 0.717) is 12.0 Å². The first-order chi connectivity index (χ1) is 8.74. The van der Waals surface area contributed by atoms with Crippen molar-refractivity contribution in [2.45, 2.75) is 38.3 Å². The third kappa shape index (κ3) is 2.54. The molecular weight excluding hydrogens is 228 g/mol. The lowest BCUT2D eigenvalue weighted by atomic mass is 10.2. The zero-order valence-electron chi connectivity index (χ0n) is 10.7. The second kappa shape index (κ2) is 4.70. The summed E-state index contributed by atoms with van der Waals surface area (Å²) in [6, 6.07) is 3.30. The molecule has 2 aliphatic rings. The van der Waals surface area contributed by atoms with Crippen LogP contribution in [-0.4, -0.2) is 40.0 Å². The molecular formula is C12H20N6. The smallest absolute Gasteiger partial charge is 0.239 e. The summed E-state index contributed by atoms with van der Waals surface area (Å²) in [7, 11) is 0. The maximum atomic E-state index is 5.35. The van der Waals surface area contributed by atoms with Gasteiger partial charge in [-0.1, -0.05) is 0 Å². The highest BCUT2D eigenvalue weighted by molar-refractivity contribution is 5.42. The van der Waals surface area contributed by atoms with E-state index in [9.17, 15) is 0 Å². The Morgan fingerprint density at radius 3 is 2.89 bits per heavy atom. The molecule has 2 fully saturated rings.